The number of hydrogen-bond acceptors (Lipinski definition) is 4. The number of benzene rings is 3. The number of fused-ring (bicyclic) bond motifs is 1. The van der Waals surface area contributed by atoms with Crippen LogP contribution in [0.25, 0.3) is 28.0 Å². The molecule has 0 N–H and O–H groups in total. The molecule has 2 aromatic heterocycles. The molecule has 3 heterocycles. The van der Waals surface area contributed by atoms with Crippen LogP contribution < -0.4 is 4.74 Å². The molecule has 6 nitrogen and oxygen atoms in total. The predicted molar refractivity (Wildman–Crippen MR) is 160 cm³/mol. The summed E-state index contributed by atoms with van der Waals surface area (Å²) in [6.45, 7) is 2.85. The van der Waals surface area contributed by atoms with Crippen molar-refractivity contribution in [1.29, 1.82) is 0 Å². The maximum Gasteiger partial charge on any atom is 0.416 e. The van der Waals surface area contributed by atoms with Gasteiger partial charge in [0.1, 0.15) is 11.4 Å². The second-order valence-electron chi connectivity index (χ2n) is 10.4. The Morgan fingerprint density at radius 2 is 1.63 bits per heavy atom. The summed E-state index contributed by atoms with van der Waals surface area (Å²) in [5, 5.41) is 0.431. The Morgan fingerprint density at radius 1 is 0.884 bits per heavy atom. The first kappa shape index (κ1) is 28.8. The molecule has 10 heteroatoms. The van der Waals surface area contributed by atoms with Crippen LogP contribution >= 0.6 is 11.6 Å². The molecule has 0 bridgehead atoms. The van der Waals surface area contributed by atoms with Gasteiger partial charge >= 0.3 is 6.18 Å². The number of alkyl halides is 3. The van der Waals surface area contributed by atoms with Crippen molar-refractivity contribution in [3.8, 4) is 28.1 Å². The smallest absolute Gasteiger partial charge is 0.416 e. The molecule has 1 amide bonds. The highest BCUT2D eigenvalue weighted by atomic mass is 35.5. The zero-order valence-corrected chi connectivity index (χ0v) is 24.1. The van der Waals surface area contributed by atoms with Crippen LogP contribution in [0, 0.1) is 0 Å². The zero-order valence-electron chi connectivity index (χ0n) is 23.3. The Kier molecular flexibility index (Phi) is 7.85. The van der Waals surface area contributed by atoms with Gasteiger partial charge in [0, 0.05) is 44.5 Å². The van der Waals surface area contributed by atoms with Crippen LogP contribution in [-0.4, -0.2) is 58.4 Å². The van der Waals surface area contributed by atoms with E-state index in [1.165, 1.54) is 6.07 Å². The highest BCUT2D eigenvalue weighted by molar-refractivity contribution is 6.33. The molecule has 220 valence electrons. The summed E-state index contributed by atoms with van der Waals surface area (Å²) in [5.41, 5.74) is 4.09. The molecule has 0 unspecified atom stereocenters. The molecular formula is C33H28ClF3N4O2. The number of ether oxygens (including phenoxy) is 1. The van der Waals surface area contributed by atoms with Crippen molar-refractivity contribution in [2.45, 2.75) is 12.7 Å². The van der Waals surface area contributed by atoms with Crippen LogP contribution in [0.3, 0.4) is 0 Å². The monoisotopic (exact) mass is 604 g/mol. The minimum absolute atomic E-state index is 0.0946. The van der Waals surface area contributed by atoms with E-state index in [0.29, 0.717) is 65.8 Å². The minimum Gasteiger partial charge on any atom is -0.497 e. The number of carbonyl (C=O) groups is 1. The second kappa shape index (κ2) is 11.7. The van der Waals surface area contributed by atoms with Crippen LogP contribution in [0.15, 0.2) is 91.1 Å². The highest BCUT2D eigenvalue weighted by Crippen LogP contribution is 2.34. The summed E-state index contributed by atoms with van der Waals surface area (Å²) in [6.07, 6.45) is -2.59. The Labute approximate surface area is 251 Å². The maximum atomic E-state index is 13.4. The van der Waals surface area contributed by atoms with Gasteiger partial charge in [-0.15, -0.1) is 0 Å². The van der Waals surface area contributed by atoms with Crippen LogP contribution in [0.1, 0.15) is 21.6 Å². The number of amides is 1. The van der Waals surface area contributed by atoms with E-state index in [9.17, 15) is 18.0 Å². The van der Waals surface area contributed by atoms with Gasteiger partial charge in [0.2, 0.25) is 0 Å². The summed E-state index contributed by atoms with van der Waals surface area (Å²) < 4.78 is 47.7. The molecule has 3 aromatic carbocycles. The predicted octanol–water partition coefficient (Wildman–Crippen LogP) is 7.31. The van der Waals surface area contributed by atoms with Gasteiger partial charge in [-0.3, -0.25) is 9.69 Å². The van der Waals surface area contributed by atoms with E-state index in [0.717, 1.165) is 29.1 Å². The fourth-order valence-corrected chi connectivity index (χ4v) is 5.63. The SMILES string of the molecule is COc1cccc(-c2nc3ccc(-c4cccc(C(F)(F)F)c4)cn3c2CN2CCN(C(=O)c3ccccc3Cl)CC2)c1. The standard InChI is InChI=1S/C33H28ClF3N4O2/c1-43-26-9-5-7-23(19-26)31-29(21-39-14-16-40(17-15-39)32(42)27-10-2-3-11-28(27)34)41-20-24(12-13-30(41)38-31)22-6-4-8-25(18-22)33(35,36)37/h2-13,18-20H,14-17,21H2,1H3. The number of nitrogens with zero attached hydrogens (tertiary/aromatic N) is 4. The van der Waals surface area contributed by atoms with Crippen LogP contribution in [0.4, 0.5) is 13.2 Å². The molecular weight excluding hydrogens is 577 g/mol. The average molecular weight is 605 g/mol. The van der Waals surface area contributed by atoms with Crippen molar-refractivity contribution in [1.82, 2.24) is 19.2 Å². The topological polar surface area (TPSA) is 50.1 Å². The normalized spacial score (nSPS) is 14.3. The summed E-state index contributed by atoms with van der Waals surface area (Å²) in [5.74, 6) is 0.597. The lowest BCUT2D eigenvalue weighted by molar-refractivity contribution is -0.137. The first-order valence-electron chi connectivity index (χ1n) is 13.8. The zero-order chi connectivity index (χ0) is 30.1. The van der Waals surface area contributed by atoms with E-state index < -0.39 is 11.7 Å². The second-order valence-corrected chi connectivity index (χ2v) is 10.8. The Hall–Kier alpha value is -4.34. The number of hydrogen-bond donors (Lipinski definition) is 0. The van der Waals surface area contributed by atoms with E-state index in [4.69, 9.17) is 21.3 Å². The third kappa shape index (κ3) is 5.96. The number of halogens is 4. The molecule has 0 radical (unpaired) electrons. The first-order chi connectivity index (χ1) is 20.7. The van der Waals surface area contributed by atoms with Crippen LogP contribution in [0.5, 0.6) is 5.75 Å². The number of pyridine rings is 1. The fraction of sp³-hybridized carbons (Fsp3) is 0.212. The van der Waals surface area contributed by atoms with Gasteiger partial charge in [0.05, 0.1) is 34.6 Å². The lowest BCUT2D eigenvalue weighted by Gasteiger charge is -2.35. The molecule has 0 saturated carbocycles. The van der Waals surface area contributed by atoms with E-state index in [-0.39, 0.29) is 5.91 Å². The number of imidazole rings is 1. The molecule has 0 spiro atoms. The molecule has 1 fully saturated rings. The van der Waals surface area contributed by atoms with Crippen molar-refractivity contribution in [3.05, 3.63) is 113 Å². The maximum absolute atomic E-state index is 13.4. The van der Waals surface area contributed by atoms with Gasteiger partial charge in [-0.25, -0.2) is 4.98 Å². The number of carbonyl (C=O) groups excluding carboxylic acids is 1. The summed E-state index contributed by atoms with van der Waals surface area (Å²) in [4.78, 5) is 22.1. The molecule has 0 atom stereocenters. The van der Waals surface area contributed by atoms with Crippen molar-refractivity contribution in [2.24, 2.45) is 0 Å². The lowest BCUT2D eigenvalue weighted by Crippen LogP contribution is -2.48. The average Bonchev–Trinajstić information content (AvgIpc) is 3.38. The van der Waals surface area contributed by atoms with Crippen LogP contribution in [-0.2, 0) is 12.7 Å². The Bertz CT molecular complexity index is 1800. The highest BCUT2D eigenvalue weighted by Gasteiger charge is 2.30. The van der Waals surface area contributed by atoms with E-state index in [1.807, 2.05) is 40.9 Å². The van der Waals surface area contributed by atoms with Gasteiger partial charge in [-0.05, 0) is 59.7 Å². The molecule has 1 saturated heterocycles. The van der Waals surface area contributed by atoms with Gasteiger partial charge in [-0.2, -0.15) is 13.2 Å². The van der Waals surface area contributed by atoms with Gasteiger partial charge in [-0.1, -0.05) is 48.0 Å². The largest absolute Gasteiger partial charge is 0.497 e. The molecule has 1 aliphatic rings. The molecule has 6 rings (SSSR count). The lowest BCUT2D eigenvalue weighted by atomic mass is 10.0. The quantitative estimate of drug-likeness (QED) is 0.204. The number of piperazine rings is 1. The first-order valence-corrected chi connectivity index (χ1v) is 14.2. The van der Waals surface area contributed by atoms with E-state index >= 15 is 0 Å². The van der Waals surface area contributed by atoms with Gasteiger partial charge < -0.3 is 14.0 Å². The Balaban J connectivity index is 1.33. The van der Waals surface area contributed by atoms with Gasteiger partial charge in [0.25, 0.3) is 5.91 Å². The molecule has 1 aliphatic heterocycles. The number of rotatable bonds is 6. The van der Waals surface area contributed by atoms with Crippen molar-refractivity contribution in [2.75, 3.05) is 33.3 Å². The Morgan fingerprint density at radius 3 is 2.37 bits per heavy atom. The summed E-state index contributed by atoms with van der Waals surface area (Å²) >= 11 is 6.27. The molecule has 0 aliphatic carbocycles. The number of methoxy groups -OCH3 is 1. The summed E-state index contributed by atoms with van der Waals surface area (Å²) in [6, 6.07) is 23.6. The minimum atomic E-state index is -4.44. The third-order valence-corrected chi connectivity index (χ3v) is 8.05. The van der Waals surface area contributed by atoms with Crippen molar-refractivity contribution in [3.63, 3.8) is 0 Å². The fourth-order valence-electron chi connectivity index (χ4n) is 5.42. The summed E-state index contributed by atoms with van der Waals surface area (Å²) in [7, 11) is 1.61. The molecule has 43 heavy (non-hydrogen) atoms. The molecule has 5 aromatic rings. The van der Waals surface area contributed by atoms with E-state index in [1.54, 1.807) is 48.4 Å². The van der Waals surface area contributed by atoms with E-state index in [2.05, 4.69) is 4.90 Å². The number of aromatic nitrogens is 2. The van der Waals surface area contributed by atoms with Crippen molar-refractivity contribution >= 4 is 23.2 Å². The van der Waals surface area contributed by atoms with Crippen LogP contribution in [0.2, 0.25) is 5.02 Å². The van der Waals surface area contributed by atoms with Crippen molar-refractivity contribution < 1.29 is 22.7 Å². The third-order valence-electron chi connectivity index (χ3n) is 7.72. The van der Waals surface area contributed by atoms with Gasteiger partial charge in [0.15, 0.2) is 0 Å².